The Kier molecular flexibility index (Phi) is 7.62. The molecule has 0 radical (unpaired) electrons. The van der Waals surface area contributed by atoms with E-state index in [9.17, 15) is 10.1 Å². The molecule has 2 N–H and O–H groups in total. The van der Waals surface area contributed by atoms with E-state index in [0.717, 1.165) is 11.3 Å². The highest BCUT2D eigenvalue weighted by molar-refractivity contribution is 5.41. The molecule has 2 aromatic carbocycles. The van der Waals surface area contributed by atoms with Crippen LogP contribution in [0.15, 0.2) is 48.5 Å². The summed E-state index contributed by atoms with van der Waals surface area (Å²) in [5.74, 6) is 0. The van der Waals surface area contributed by atoms with Gasteiger partial charge in [-0.15, -0.1) is 0 Å². The second-order valence-corrected chi connectivity index (χ2v) is 4.07. The van der Waals surface area contributed by atoms with Crippen molar-refractivity contribution in [3.8, 4) is 0 Å². The average Bonchev–Trinajstić information content (AvgIpc) is 2.41. The molecule has 0 spiro atoms. The molecule has 0 bridgehead atoms. The summed E-state index contributed by atoms with van der Waals surface area (Å²) in [6.07, 6.45) is 0. The van der Waals surface area contributed by atoms with Crippen molar-refractivity contribution in [2.24, 2.45) is 0 Å². The molecule has 0 amide bonds. The van der Waals surface area contributed by atoms with Crippen molar-refractivity contribution in [1.29, 1.82) is 0 Å². The van der Waals surface area contributed by atoms with Crippen LogP contribution in [0.4, 0.5) is 11.4 Å². The smallest absolute Gasteiger partial charge is 0.269 e. The van der Waals surface area contributed by atoms with E-state index in [4.69, 9.17) is 5.21 Å². The van der Waals surface area contributed by atoms with Gasteiger partial charge >= 0.3 is 0 Å². The Labute approximate surface area is 119 Å². The Morgan fingerprint density at radius 1 is 0.950 bits per heavy atom. The summed E-state index contributed by atoms with van der Waals surface area (Å²) in [6, 6.07) is 13.9. The molecule has 20 heavy (non-hydrogen) atoms. The molecule has 0 fully saturated rings. The number of non-ortho nitro benzene ring substituents is 1. The van der Waals surface area contributed by atoms with Crippen LogP contribution in [0, 0.1) is 24.0 Å². The van der Waals surface area contributed by atoms with Gasteiger partial charge in [0, 0.05) is 12.1 Å². The van der Waals surface area contributed by atoms with E-state index < -0.39 is 4.92 Å². The summed E-state index contributed by atoms with van der Waals surface area (Å²) >= 11 is 0. The van der Waals surface area contributed by atoms with E-state index in [-0.39, 0.29) is 13.1 Å². The van der Waals surface area contributed by atoms with Gasteiger partial charge in [-0.2, -0.15) is 0 Å². The molecular weight excluding hydrogens is 256 g/mol. The van der Waals surface area contributed by atoms with Crippen molar-refractivity contribution in [1.82, 2.24) is 0 Å². The molecule has 0 unspecified atom stereocenters. The standard InChI is InChI=1S/C7H7NO2.C7H9NO.CH4/c1-6-2-4-7(5-3-6)8(9)10;1-6-2-4-7(8-9)5-3-6;/h2-5H,1H3;2-5,8-9H,1H3;1H4. The van der Waals surface area contributed by atoms with Gasteiger partial charge in [0.2, 0.25) is 0 Å². The van der Waals surface area contributed by atoms with Gasteiger partial charge in [0.05, 0.1) is 10.6 Å². The second-order valence-electron chi connectivity index (χ2n) is 4.07. The molecule has 0 aliphatic heterocycles. The van der Waals surface area contributed by atoms with Crippen LogP contribution in [0.5, 0.6) is 0 Å². The van der Waals surface area contributed by atoms with Crippen LogP contribution in [-0.4, -0.2) is 10.1 Å². The van der Waals surface area contributed by atoms with E-state index in [1.165, 1.54) is 17.7 Å². The number of nitro benzene ring substituents is 1. The number of nitro groups is 1. The largest absolute Gasteiger partial charge is 0.291 e. The Bertz CT molecular complexity index is 522. The minimum Gasteiger partial charge on any atom is -0.291 e. The summed E-state index contributed by atoms with van der Waals surface area (Å²) in [5, 5.41) is 18.5. The number of nitrogens with one attached hydrogen (secondary N) is 1. The normalized spacial score (nSPS) is 8.75. The zero-order valence-corrected chi connectivity index (χ0v) is 10.8. The van der Waals surface area contributed by atoms with Crippen molar-refractivity contribution in [3.05, 3.63) is 69.8 Å². The lowest BCUT2D eigenvalue weighted by molar-refractivity contribution is -0.384. The first-order valence-corrected chi connectivity index (χ1v) is 5.71. The Morgan fingerprint density at radius 3 is 1.70 bits per heavy atom. The molecule has 0 aliphatic rings. The molecule has 0 heterocycles. The first-order chi connectivity index (χ1) is 9.02. The summed E-state index contributed by atoms with van der Waals surface area (Å²) < 4.78 is 0. The molecule has 0 aliphatic carbocycles. The van der Waals surface area contributed by atoms with Crippen molar-refractivity contribution in [3.63, 3.8) is 0 Å². The summed E-state index contributed by atoms with van der Waals surface area (Å²) in [5.41, 5.74) is 5.14. The highest BCUT2D eigenvalue weighted by Crippen LogP contribution is 2.10. The fraction of sp³-hybridized carbons (Fsp3) is 0.200. The zero-order chi connectivity index (χ0) is 14.3. The summed E-state index contributed by atoms with van der Waals surface area (Å²) in [4.78, 5) is 9.71. The van der Waals surface area contributed by atoms with Crippen LogP contribution < -0.4 is 5.48 Å². The summed E-state index contributed by atoms with van der Waals surface area (Å²) in [6.45, 7) is 3.89. The van der Waals surface area contributed by atoms with Gasteiger partial charge in [-0.3, -0.25) is 20.8 Å². The number of anilines is 1. The van der Waals surface area contributed by atoms with Gasteiger partial charge < -0.3 is 0 Å². The SMILES string of the molecule is C.Cc1ccc(NO)cc1.Cc1ccc([N+](=O)[O-])cc1. The second kappa shape index (κ2) is 8.66. The molecule has 0 atom stereocenters. The van der Waals surface area contributed by atoms with E-state index in [2.05, 4.69) is 5.48 Å². The first-order valence-electron chi connectivity index (χ1n) is 5.71. The summed E-state index contributed by atoms with van der Waals surface area (Å²) in [7, 11) is 0. The van der Waals surface area contributed by atoms with Crippen molar-refractivity contribution in [2.75, 3.05) is 5.48 Å². The van der Waals surface area contributed by atoms with Crippen molar-refractivity contribution >= 4 is 11.4 Å². The van der Waals surface area contributed by atoms with Crippen LogP contribution in [-0.2, 0) is 0 Å². The van der Waals surface area contributed by atoms with Gasteiger partial charge in [-0.1, -0.05) is 42.8 Å². The molecule has 5 nitrogen and oxygen atoms in total. The molecular formula is C15H20N2O3. The monoisotopic (exact) mass is 276 g/mol. The van der Waals surface area contributed by atoms with Gasteiger partial charge in [-0.25, -0.2) is 0 Å². The molecule has 0 saturated heterocycles. The Morgan fingerprint density at radius 2 is 1.35 bits per heavy atom. The minimum absolute atomic E-state index is 0. The molecule has 108 valence electrons. The third-order valence-corrected chi connectivity index (χ3v) is 2.43. The lowest BCUT2D eigenvalue weighted by Gasteiger charge is -1.96. The van der Waals surface area contributed by atoms with Crippen molar-refractivity contribution < 1.29 is 10.1 Å². The maximum absolute atomic E-state index is 10.1. The molecule has 2 aromatic rings. The van der Waals surface area contributed by atoms with E-state index in [1.807, 2.05) is 38.1 Å². The molecule has 0 aromatic heterocycles. The number of nitrogens with zero attached hydrogens (tertiary/aromatic N) is 1. The van der Waals surface area contributed by atoms with E-state index in [0.29, 0.717) is 0 Å². The van der Waals surface area contributed by atoms with Gasteiger partial charge in [0.25, 0.3) is 5.69 Å². The van der Waals surface area contributed by atoms with E-state index >= 15 is 0 Å². The topological polar surface area (TPSA) is 75.4 Å². The molecule has 0 saturated carbocycles. The maximum atomic E-state index is 10.1. The van der Waals surface area contributed by atoms with Gasteiger partial charge in [0.1, 0.15) is 0 Å². The van der Waals surface area contributed by atoms with Crippen LogP contribution in [0.25, 0.3) is 0 Å². The van der Waals surface area contributed by atoms with Gasteiger partial charge in [-0.05, 0) is 26.0 Å². The third kappa shape index (κ3) is 5.97. The lowest BCUT2D eigenvalue weighted by atomic mass is 10.2. The van der Waals surface area contributed by atoms with Gasteiger partial charge in [0.15, 0.2) is 0 Å². The predicted octanol–water partition coefficient (Wildman–Crippen LogP) is 4.34. The number of hydrogen-bond donors (Lipinski definition) is 2. The quantitative estimate of drug-likeness (QED) is 0.632. The first kappa shape index (κ1) is 17.6. The Hall–Kier alpha value is -2.40. The fourth-order valence-electron chi connectivity index (χ4n) is 1.29. The van der Waals surface area contributed by atoms with Crippen LogP contribution >= 0.6 is 0 Å². The highest BCUT2D eigenvalue weighted by Gasteiger charge is 2.00. The number of benzene rings is 2. The van der Waals surface area contributed by atoms with E-state index in [1.54, 1.807) is 12.1 Å². The number of rotatable bonds is 2. The number of aryl methyl sites for hydroxylation is 2. The zero-order valence-electron chi connectivity index (χ0n) is 10.8. The number of hydrogen-bond acceptors (Lipinski definition) is 4. The van der Waals surface area contributed by atoms with Crippen LogP contribution in [0.2, 0.25) is 0 Å². The highest BCUT2D eigenvalue weighted by atomic mass is 16.6. The lowest BCUT2D eigenvalue weighted by Crippen LogP contribution is -1.87. The molecule has 5 heteroatoms. The van der Waals surface area contributed by atoms with Crippen molar-refractivity contribution in [2.45, 2.75) is 21.3 Å². The molecule has 2 rings (SSSR count). The van der Waals surface area contributed by atoms with Crippen LogP contribution in [0.3, 0.4) is 0 Å². The third-order valence-electron chi connectivity index (χ3n) is 2.43. The Balaban J connectivity index is 0.000000345. The minimum atomic E-state index is -0.403. The van der Waals surface area contributed by atoms with Crippen LogP contribution in [0.1, 0.15) is 18.6 Å². The fourth-order valence-corrected chi connectivity index (χ4v) is 1.29. The predicted molar refractivity (Wildman–Crippen MR) is 81.2 cm³/mol. The average molecular weight is 276 g/mol. The maximum Gasteiger partial charge on any atom is 0.269 e.